The van der Waals surface area contributed by atoms with E-state index in [2.05, 4.69) is 15.4 Å². The van der Waals surface area contributed by atoms with Crippen molar-refractivity contribution in [3.05, 3.63) is 114 Å². The van der Waals surface area contributed by atoms with Gasteiger partial charge in [-0.3, -0.25) is 18.8 Å². The molecule has 0 saturated carbocycles. The number of nitrogens with zero attached hydrogens (tertiary/aromatic N) is 4. The van der Waals surface area contributed by atoms with E-state index in [-0.39, 0.29) is 11.5 Å². The average Bonchev–Trinajstić information content (AvgIpc) is 3.38. The van der Waals surface area contributed by atoms with E-state index in [1.165, 1.54) is 11.3 Å². The normalized spacial score (nSPS) is 15.6. The molecule has 36 heavy (non-hydrogen) atoms. The Bertz CT molecular complexity index is 1660. The Hall–Kier alpha value is -3.75. The van der Waals surface area contributed by atoms with Crippen molar-refractivity contribution in [1.29, 1.82) is 0 Å². The van der Waals surface area contributed by atoms with Gasteiger partial charge in [0.05, 0.1) is 27.5 Å². The number of hydrogen-bond acceptors (Lipinski definition) is 5. The zero-order chi connectivity index (χ0) is 25.4. The maximum Gasteiger partial charge on any atom is 0.271 e. The Kier molecular flexibility index (Phi) is 6.47. The minimum Gasteiger partial charge on any atom is -0.322 e. The monoisotopic (exact) mass is 517 g/mol. The Morgan fingerprint density at radius 3 is 2.53 bits per heavy atom. The highest BCUT2D eigenvalue weighted by Gasteiger charge is 2.32. The molecule has 5 rings (SSSR count). The standard InChI is InChI=1S/C27H24ClN5O2S/c1-4-32-15-19(16(2)31-32)14-22-26(35)33-24(18-10-12-20(28)13-11-18)23(17(3)29-27(33)36-22)25(34)30-21-8-6-5-7-9-21/h5-15,24H,4H2,1-3H3,(H,30,34)/b22-14+. The molecule has 1 aliphatic heterocycles. The second kappa shape index (κ2) is 9.72. The zero-order valence-corrected chi connectivity index (χ0v) is 21.6. The van der Waals surface area contributed by atoms with E-state index in [1.807, 2.05) is 73.3 Å². The van der Waals surface area contributed by atoms with Crippen LogP contribution in [0.2, 0.25) is 5.02 Å². The molecule has 1 aliphatic rings. The number of benzene rings is 2. The van der Waals surface area contributed by atoms with Crippen LogP contribution in [0.15, 0.2) is 81.9 Å². The fourth-order valence-electron chi connectivity index (χ4n) is 4.27. The first kappa shape index (κ1) is 24.0. The number of amides is 1. The number of halogens is 1. The Balaban J connectivity index is 1.68. The molecular weight excluding hydrogens is 494 g/mol. The summed E-state index contributed by atoms with van der Waals surface area (Å²) in [4.78, 5) is 32.5. The van der Waals surface area contributed by atoms with Gasteiger partial charge >= 0.3 is 0 Å². The third kappa shape index (κ3) is 4.45. The molecule has 0 fully saturated rings. The van der Waals surface area contributed by atoms with Crippen LogP contribution >= 0.6 is 22.9 Å². The summed E-state index contributed by atoms with van der Waals surface area (Å²) in [6.07, 6.45) is 3.77. The molecule has 0 bridgehead atoms. The molecule has 9 heteroatoms. The van der Waals surface area contributed by atoms with Gasteiger partial charge in [0.2, 0.25) is 0 Å². The lowest BCUT2D eigenvalue weighted by atomic mass is 9.95. The molecule has 3 heterocycles. The van der Waals surface area contributed by atoms with Gasteiger partial charge < -0.3 is 5.32 Å². The summed E-state index contributed by atoms with van der Waals surface area (Å²) in [5.41, 5.74) is 3.92. The Morgan fingerprint density at radius 2 is 1.86 bits per heavy atom. The Morgan fingerprint density at radius 1 is 1.14 bits per heavy atom. The molecule has 4 aromatic rings. The lowest BCUT2D eigenvalue weighted by Gasteiger charge is -2.25. The summed E-state index contributed by atoms with van der Waals surface area (Å²) in [6.45, 7) is 6.48. The largest absolute Gasteiger partial charge is 0.322 e. The number of fused-ring (bicyclic) bond motifs is 1. The molecule has 1 N–H and O–H groups in total. The number of carbonyl (C=O) groups excluding carboxylic acids is 1. The predicted molar refractivity (Wildman–Crippen MR) is 143 cm³/mol. The van der Waals surface area contributed by atoms with Crippen molar-refractivity contribution in [3.63, 3.8) is 0 Å². The number of thiazole rings is 1. The highest BCUT2D eigenvalue weighted by molar-refractivity contribution is 7.07. The number of para-hydroxylation sites is 1. The van der Waals surface area contributed by atoms with E-state index in [0.717, 1.165) is 23.4 Å². The first-order valence-corrected chi connectivity index (χ1v) is 12.7. The van der Waals surface area contributed by atoms with Crippen LogP contribution < -0.4 is 20.2 Å². The van der Waals surface area contributed by atoms with Crippen molar-refractivity contribution in [2.45, 2.75) is 33.4 Å². The van der Waals surface area contributed by atoms with Gasteiger partial charge in [-0.1, -0.05) is 53.3 Å². The minimum absolute atomic E-state index is 0.208. The van der Waals surface area contributed by atoms with Gasteiger partial charge in [-0.25, -0.2) is 4.99 Å². The highest BCUT2D eigenvalue weighted by atomic mass is 35.5. The van der Waals surface area contributed by atoms with Gasteiger partial charge in [0.15, 0.2) is 4.80 Å². The van der Waals surface area contributed by atoms with Crippen LogP contribution in [0.25, 0.3) is 6.08 Å². The summed E-state index contributed by atoms with van der Waals surface area (Å²) >= 11 is 7.46. The molecule has 2 aromatic heterocycles. The van der Waals surface area contributed by atoms with Gasteiger partial charge in [0, 0.05) is 29.0 Å². The molecule has 1 atom stereocenters. The first-order chi connectivity index (χ1) is 17.4. The molecule has 0 radical (unpaired) electrons. The van der Waals surface area contributed by atoms with Crippen LogP contribution in [0, 0.1) is 6.92 Å². The number of allylic oxidation sites excluding steroid dienone is 1. The predicted octanol–water partition coefficient (Wildman–Crippen LogP) is 4.05. The number of anilines is 1. The quantitative estimate of drug-likeness (QED) is 0.433. The minimum atomic E-state index is -0.649. The lowest BCUT2D eigenvalue weighted by Crippen LogP contribution is -2.40. The number of rotatable bonds is 5. The van der Waals surface area contributed by atoms with Crippen LogP contribution in [0.4, 0.5) is 5.69 Å². The van der Waals surface area contributed by atoms with Crippen LogP contribution in [0.3, 0.4) is 0 Å². The second-order valence-electron chi connectivity index (χ2n) is 8.48. The van der Waals surface area contributed by atoms with Gasteiger partial charge in [-0.2, -0.15) is 5.10 Å². The summed E-state index contributed by atoms with van der Waals surface area (Å²) in [6, 6.07) is 15.8. The smallest absolute Gasteiger partial charge is 0.271 e. The van der Waals surface area contributed by atoms with Crippen molar-refractivity contribution >= 4 is 40.6 Å². The van der Waals surface area contributed by atoms with E-state index in [9.17, 15) is 9.59 Å². The molecule has 1 unspecified atom stereocenters. The van der Waals surface area contributed by atoms with Gasteiger partial charge in [-0.15, -0.1) is 0 Å². The van der Waals surface area contributed by atoms with Crippen molar-refractivity contribution < 1.29 is 4.79 Å². The second-order valence-corrected chi connectivity index (χ2v) is 9.92. The fourth-order valence-corrected chi connectivity index (χ4v) is 5.43. The van der Waals surface area contributed by atoms with Crippen LogP contribution in [0.5, 0.6) is 0 Å². The molecule has 182 valence electrons. The van der Waals surface area contributed by atoms with Crippen LogP contribution in [-0.2, 0) is 11.3 Å². The molecular formula is C27H24ClN5O2S. The zero-order valence-electron chi connectivity index (χ0n) is 20.0. The van der Waals surface area contributed by atoms with Gasteiger partial charge in [-0.05, 0) is 56.7 Å². The average molecular weight is 518 g/mol. The SMILES string of the molecule is CCn1cc(/C=c2/sc3n(c2=O)C(c2ccc(Cl)cc2)C(C(=O)Nc2ccccc2)=C(C)N=3)c(C)n1. The van der Waals surface area contributed by atoms with Gasteiger partial charge in [0.1, 0.15) is 0 Å². The van der Waals surface area contributed by atoms with Crippen LogP contribution in [0.1, 0.15) is 36.7 Å². The van der Waals surface area contributed by atoms with Crippen molar-refractivity contribution in [1.82, 2.24) is 14.3 Å². The topological polar surface area (TPSA) is 81.3 Å². The van der Waals surface area contributed by atoms with Crippen molar-refractivity contribution in [2.75, 3.05) is 5.32 Å². The summed E-state index contributed by atoms with van der Waals surface area (Å²) < 4.78 is 3.97. The molecule has 0 saturated heterocycles. The Labute approximate surface area is 216 Å². The third-order valence-corrected chi connectivity index (χ3v) is 7.31. The van der Waals surface area contributed by atoms with Gasteiger partial charge in [0.25, 0.3) is 11.5 Å². The number of aryl methyl sites for hydroxylation is 2. The van der Waals surface area contributed by atoms with E-state index in [1.54, 1.807) is 23.6 Å². The molecule has 0 spiro atoms. The number of carbonyl (C=O) groups is 1. The molecule has 2 aromatic carbocycles. The lowest BCUT2D eigenvalue weighted by molar-refractivity contribution is -0.113. The summed E-state index contributed by atoms with van der Waals surface area (Å²) in [5, 5.41) is 8.01. The van der Waals surface area contributed by atoms with Crippen LogP contribution in [-0.4, -0.2) is 20.3 Å². The molecule has 1 amide bonds. The summed E-state index contributed by atoms with van der Waals surface area (Å²) in [5.74, 6) is -0.309. The van der Waals surface area contributed by atoms with Crippen molar-refractivity contribution in [2.24, 2.45) is 4.99 Å². The molecule has 7 nitrogen and oxygen atoms in total. The maximum atomic E-state index is 13.8. The molecule has 0 aliphatic carbocycles. The maximum absolute atomic E-state index is 13.8. The van der Waals surface area contributed by atoms with E-state index in [0.29, 0.717) is 31.3 Å². The van der Waals surface area contributed by atoms with E-state index < -0.39 is 6.04 Å². The van der Waals surface area contributed by atoms with E-state index >= 15 is 0 Å². The van der Waals surface area contributed by atoms with Crippen molar-refractivity contribution in [3.8, 4) is 0 Å². The number of aromatic nitrogens is 3. The number of nitrogens with one attached hydrogen (secondary N) is 1. The van der Waals surface area contributed by atoms with E-state index in [4.69, 9.17) is 11.6 Å². The first-order valence-electron chi connectivity index (χ1n) is 11.5. The highest BCUT2D eigenvalue weighted by Crippen LogP contribution is 2.31. The number of hydrogen-bond donors (Lipinski definition) is 1. The fraction of sp³-hybridized carbons (Fsp3) is 0.185. The third-order valence-electron chi connectivity index (χ3n) is 6.08. The summed E-state index contributed by atoms with van der Waals surface area (Å²) in [7, 11) is 0.